The standard InChI is InChI=1S/C9H9N3O2.C8H7N3O2/c1-6-5-7(9(13)14-2)11-8-3-4-10-12(6)8;1-5-4-6(8(12)13)10-7-2-3-9-11(5)7/h3-5H,1-2H3;2-4H,1H3,(H,12,13). The smallest absolute Gasteiger partial charge is 0.356 e. The van der Waals surface area contributed by atoms with Crippen molar-refractivity contribution in [1.82, 2.24) is 29.2 Å². The molecule has 1 N–H and O–H groups in total. The number of rotatable bonds is 2. The summed E-state index contributed by atoms with van der Waals surface area (Å²) in [6.07, 6.45) is 3.22. The van der Waals surface area contributed by atoms with Gasteiger partial charge in [0, 0.05) is 23.5 Å². The summed E-state index contributed by atoms with van der Waals surface area (Å²) in [6, 6.07) is 6.53. The monoisotopic (exact) mass is 368 g/mol. The molecular formula is C17H16N6O4. The highest BCUT2D eigenvalue weighted by molar-refractivity contribution is 5.87. The largest absolute Gasteiger partial charge is 0.477 e. The number of carboxylic acid groups (broad SMARTS) is 1. The van der Waals surface area contributed by atoms with Crippen LogP contribution in [0.25, 0.3) is 11.3 Å². The zero-order valence-electron chi connectivity index (χ0n) is 14.8. The molecule has 0 aromatic carbocycles. The van der Waals surface area contributed by atoms with E-state index in [1.807, 2.05) is 6.92 Å². The average molecular weight is 368 g/mol. The molecule has 4 aromatic heterocycles. The number of methoxy groups -OCH3 is 1. The van der Waals surface area contributed by atoms with Gasteiger partial charge in [-0.1, -0.05) is 0 Å². The lowest BCUT2D eigenvalue weighted by Gasteiger charge is -2.02. The highest BCUT2D eigenvalue weighted by Crippen LogP contribution is 2.07. The van der Waals surface area contributed by atoms with E-state index in [1.54, 1.807) is 46.5 Å². The highest BCUT2D eigenvalue weighted by atomic mass is 16.5. The van der Waals surface area contributed by atoms with Crippen LogP contribution >= 0.6 is 0 Å². The van der Waals surface area contributed by atoms with E-state index in [9.17, 15) is 9.59 Å². The van der Waals surface area contributed by atoms with Gasteiger partial charge in [-0.25, -0.2) is 28.6 Å². The summed E-state index contributed by atoms with van der Waals surface area (Å²) in [5, 5.41) is 16.7. The number of esters is 1. The van der Waals surface area contributed by atoms with Gasteiger partial charge in [-0.15, -0.1) is 0 Å². The number of nitrogens with zero attached hydrogens (tertiary/aromatic N) is 6. The Morgan fingerprint density at radius 2 is 1.41 bits per heavy atom. The van der Waals surface area contributed by atoms with Crippen molar-refractivity contribution in [2.75, 3.05) is 7.11 Å². The van der Waals surface area contributed by atoms with Crippen LogP contribution in [0.15, 0.2) is 36.7 Å². The second kappa shape index (κ2) is 7.20. The minimum Gasteiger partial charge on any atom is -0.477 e. The molecule has 27 heavy (non-hydrogen) atoms. The van der Waals surface area contributed by atoms with Crippen LogP contribution in [0, 0.1) is 13.8 Å². The molecule has 4 heterocycles. The van der Waals surface area contributed by atoms with E-state index < -0.39 is 11.9 Å². The molecule has 0 aliphatic carbocycles. The number of hydrogen-bond donors (Lipinski definition) is 1. The maximum atomic E-state index is 11.2. The molecule has 10 heteroatoms. The second-order valence-electron chi connectivity index (χ2n) is 5.56. The van der Waals surface area contributed by atoms with Crippen LogP contribution in [0.2, 0.25) is 0 Å². The van der Waals surface area contributed by atoms with Gasteiger partial charge in [0.25, 0.3) is 0 Å². The third-order valence-corrected chi connectivity index (χ3v) is 3.69. The number of aromatic carboxylic acids is 1. The van der Waals surface area contributed by atoms with E-state index in [1.165, 1.54) is 13.2 Å². The topological polar surface area (TPSA) is 124 Å². The third kappa shape index (κ3) is 3.59. The fraction of sp³-hybridized carbons (Fsp3) is 0.176. The second-order valence-corrected chi connectivity index (χ2v) is 5.56. The molecule has 0 aliphatic rings. The summed E-state index contributed by atoms with van der Waals surface area (Å²) >= 11 is 0. The molecule has 0 radical (unpaired) electrons. The maximum Gasteiger partial charge on any atom is 0.356 e. The van der Waals surface area contributed by atoms with Crippen LogP contribution in [0.4, 0.5) is 0 Å². The third-order valence-electron chi connectivity index (χ3n) is 3.69. The molecule has 4 aromatic rings. The average Bonchev–Trinajstić information content (AvgIpc) is 3.30. The number of aryl methyl sites for hydroxylation is 2. The van der Waals surface area contributed by atoms with Gasteiger partial charge in [0.1, 0.15) is 0 Å². The first-order valence-electron chi connectivity index (χ1n) is 7.85. The van der Waals surface area contributed by atoms with Crippen LogP contribution in [0.5, 0.6) is 0 Å². The van der Waals surface area contributed by atoms with Crippen molar-refractivity contribution in [3.63, 3.8) is 0 Å². The molecule has 0 amide bonds. The predicted octanol–water partition coefficient (Wildman–Crippen LogP) is 1.56. The predicted molar refractivity (Wildman–Crippen MR) is 93.7 cm³/mol. The van der Waals surface area contributed by atoms with Crippen molar-refractivity contribution < 1.29 is 19.4 Å². The van der Waals surface area contributed by atoms with Crippen molar-refractivity contribution in [3.05, 3.63) is 59.4 Å². The van der Waals surface area contributed by atoms with Crippen LogP contribution in [0.3, 0.4) is 0 Å². The van der Waals surface area contributed by atoms with Gasteiger partial charge in [0.2, 0.25) is 0 Å². The fourth-order valence-electron chi connectivity index (χ4n) is 2.45. The van der Waals surface area contributed by atoms with Crippen molar-refractivity contribution in [3.8, 4) is 0 Å². The molecule has 0 atom stereocenters. The number of ether oxygens (including phenoxy) is 1. The molecule has 0 aliphatic heterocycles. The molecule has 0 saturated heterocycles. The lowest BCUT2D eigenvalue weighted by atomic mass is 10.3. The number of carbonyl (C=O) groups excluding carboxylic acids is 1. The minimum atomic E-state index is -1.02. The van der Waals surface area contributed by atoms with E-state index >= 15 is 0 Å². The van der Waals surface area contributed by atoms with E-state index in [0.29, 0.717) is 17.0 Å². The van der Waals surface area contributed by atoms with Crippen molar-refractivity contribution in [2.45, 2.75) is 13.8 Å². The summed E-state index contributed by atoms with van der Waals surface area (Å²) in [6.45, 7) is 3.64. The van der Waals surface area contributed by atoms with Crippen molar-refractivity contribution in [2.24, 2.45) is 0 Å². The first kappa shape index (κ1) is 18.0. The zero-order chi connectivity index (χ0) is 19.6. The van der Waals surface area contributed by atoms with Gasteiger partial charge in [-0.2, -0.15) is 10.2 Å². The normalized spacial score (nSPS) is 10.5. The molecule has 138 valence electrons. The van der Waals surface area contributed by atoms with Gasteiger partial charge in [-0.3, -0.25) is 0 Å². The van der Waals surface area contributed by atoms with E-state index in [2.05, 4.69) is 24.9 Å². The molecule has 0 bridgehead atoms. The fourth-order valence-corrected chi connectivity index (χ4v) is 2.45. The maximum absolute atomic E-state index is 11.2. The number of fused-ring (bicyclic) bond motifs is 2. The summed E-state index contributed by atoms with van der Waals surface area (Å²) in [4.78, 5) is 29.8. The molecule has 10 nitrogen and oxygen atoms in total. The number of carbonyl (C=O) groups is 2. The van der Waals surface area contributed by atoms with Gasteiger partial charge in [0.05, 0.1) is 19.5 Å². The van der Waals surface area contributed by atoms with E-state index in [-0.39, 0.29) is 5.69 Å². The minimum absolute atomic E-state index is 0.0468. The molecule has 0 unspecified atom stereocenters. The van der Waals surface area contributed by atoms with Crippen molar-refractivity contribution >= 4 is 23.2 Å². The number of aromatic nitrogens is 6. The van der Waals surface area contributed by atoms with Gasteiger partial charge in [-0.05, 0) is 26.0 Å². The lowest BCUT2D eigenvalue weighted by molar-refractivity contribution is 0.0593. The van der Waals surface area contributed by atoms with Crippen LogP contribution < -0.4 is 0 Å². The van der Waals surface area contributed by atoms with Crippen LogP contribution in [0.1, 0.15) is 32.4 Å². The van der Waals surface area contributed by atoms with Crippen molar-refractivity contribution in [1.29, 1.82) is 0 Å². The molecular weight excluding hydrogens is 352 g/mol. The number of hydrogen-bond acceptors (Lipinski definition) is 7. The SMILES string of the molecule is COC(=O)c1cc(C)n2nccc2n1.Cc1cc(C(=O)O)nc2ccnn12. The van der Waals surface area contributed by atoms with Gasteiger partial charge in [0.15, 0.2) is 22.7 Å². The Morgan fingerprint density at radius 3 is 1.89 bits per heavy atom. The number of carboxylic acids is 1. The quantitative estimate of drug-likeness (QED) is 0.529. The van der Waals surface area contributed by atoms with E-state index in [4.69, 9.17) is 5.11 Å². The molecule has 4 rings (SSSR count). The Balaban J connectivity index is 0.000000156. The van der Waals surface area contributed by atoms with E-state index in [0.717, 1.165) is 11.4 Å². The Labute approximate surface area is 153 Å². The first-order chi connectivity index (χ1) is 12.9. The summed E-state index contributed by atoms with van der Waals surface area (Å²) in [7, 11) is 1.33. The lowest BCUT2D eigenvalue weighted by Crippen LogP contribution is -2.07. The highest BCUT2D eigenvalue weighted by Gasteiger charge is 2.10. The summed E-state index contributed by atoms with van der Waals surface area (Å²) in [5.74, 6) is -1.45. The Kier molecular flexibility index (Phi) is 4.79. The van der Waals surface area contributed by atoms with Crippen LogP contribution in [-0.4, -0.2) is 53.4 Å². The molecule has 0 spiro atoms. The van der Waals surface area contributed by atoms with Crippen LogP contribution in [-0.2, 0) is 4.74 Å². The van der Waals surface area contributed by atoms with Gasteiger partial charge < -0.3 is 9.84 Å². The van der Waals surface area contributed by atoms with Gasteiger partial charge >= 0.3 is 11.9 Å². The summed E-state index contributed by atoms with van der Waals surface area (Å²) < 4.78 is 7.83. The first-order valence-corrected chi connectivity index (χ1v) is 7.85. The molecule has 0 fully saturated rings. The Morgan fingerprint density at radius 1 is 0.926 bits per heavy atom. The Hall–Kier alpha value is -3.82. The molecule has 0 saturated carbocycles. The zero-order valence-corrected chi connectivity index (χ0v) is 14.8. The summed E-state index contributed by atoms with van der Waals surface area (Å²) in [5.41, 5.74) is 3.15. The Bertz CT molecular complexity index is 1150.